The monoisotopic (exact) mass is 382 g/mol. The molecule has 0 saturated heterocycles. The molecule has 8 nitrogen and oxygen atoms in total. The summed E-state index contributed by atoms with van der Waals surface area (Å²) in [5.74, 6) is 1.96. The number of ether oxygens (including phenoxy) is 2. The fraction of sp³-hybridized carbons (Fsp3) is 0.350. The summed E-state index contributed by atoms with van der Waals surface area (Å²) in [6.45, 7) is 2.94. The van der Waals surface area contributed by atoms with Crippen molar-refractivity contribution in [3.05, 3.63) is 47.4 Å². The van der Waals surface area contributed by atoms with Crippen LogP contribution >= 0.6 is 0 Å². The Hall–Kier alpha value is -3.29. The molecule has 1 amide bonds. The summed E-state index contributed by atoms with van der Waals surface area (Å²) in [6.07, 6.45) is 2.51. The van der Waals surface area contributed by atoms with Gasteiger partial charge in [0.2, 0.25) is 0 Å². The largest absolute Gasteiger partial charge is 0.493 e. The first kappa shape index (κ1) is 18.1. The van der Waals surface area contributed by atoms with Gasteiger partial charge in [0.05, 0.1) is 25.5 Å². The van der Waals surface area contributed by atoms with Gasteiger partial charge in [-0.25, -0.2) is 0 Å². The second-order valence-corrected chi connectivity index (χ2v) is 6.88. The Kier molecular flexibility index (Phi) is 4.77. The van der Waals surface area contributed by atoms with Gasteiger partial charge in [-0.1, -0.05) is 17.3 Å². The van der Waals surface area contributed by atoms with Gasteiger partial charge < -0.3 is 19.3 Å². The van der Waals surface area contributed by atoms with E-state index in [1.165, 1.54) is 0 Å². The summed E-state index contributed by atoms with van der Waals surface area (Å²) < 4.78 is 18.3. The number of hydrogen-bond acceptors (Lipinski definition) is 6. The van der Waals surface area contributed by atoms with Gasteiger partial charge in [-0.2, -0.15) is 5.10 Å². The third-order valence-corrected chi connectivity index (χ3v) is 5.05. The lowest BCUT2D eigenvalue weighted by Crippen LogP contribution is -2.35. The van der Waals surface area contributed by atoms with Crippen LogP contribution in [0.2, 0.25) is 0 Å². The minimum atomic E-state index is -0.270. The van der Waals surface area contributed by atoms with E-state index in [1.807, 2.05) is 32.2 Å². The number of aromatic nitrogens is 3. The van der Waals surface area contributed by atoms with Crippen molar-refractivity contribution in [3.8, 4) is 22.8 Å². The van der Waals surface area contributed by atoms with Crippen LogP contribution in [0.3, 0.4) is 0 Å². The molecule has 0 unspecified atom stereocenters. The molecule has 146 valence electrons. The highest BCUT2D eigenvalue weighted by atomic mass is 16.5. The van der Waals surface area contributed by atoms with Crippen molar-refractivity contribution in [3.63, 3.8) is 0 Å². The van der Waals surface area contributed by atoms with Gasteiger partial charge in [0.1, 0.15) is 0 Å². The van der Waals surface area contributed by atoms with Crippen LogP contribution in [0.5, 0.6) is 11.5 Å². The van der Waals surface area contributed by atoms with Crippen molar-refractivity contribution in [1.29, 1.82) is 0 Å². The molecule has 3 heterocycles. The Morgan fingerprint density at radius 3 is 3.04 bits per heavy atom. The van der Waals surface area contributed by atoms with Gasteiger partial charge in [0.25, 0.3) is 5.91 Å². The zero-order valence-corrected chi connectivity index (χ0v) is 16.1. The van der Waals surface area contributed by atoms with Crippen LogP contribution in [-0.4, -0.2) is 41.1 Å². The highest BCUT2D eigenvalue weighted by molar-refractivity contribution is 5.93. The molecular formula is C20H22N4O4. The summed E-state index contributed by atoms with van der Waals surface area (Å²) in [5.41, 5.74) is 3.09. The number of amides is 1. The zero-order valence-electron chi connectivity index (χ0n) is 16.1. The van der Waals surface area contributed by atoms with Gasteiger partial charge >= 0.3 is 0 Å². The molecule has 0 aliphatic carbocycles. The Morgan fingerprint density at radius 2 is 2.29 bits per heavy atom. The first-order valence-electron chi connectivity index (χ1n) is 9.09. The van der Waals surface area contributed by atoms with E-state index in [-0.39, 0.29) is 17.5 Å². The quantitative estimate of drug-likeness (QED) is 0.728. The molecule has 1 aliphatic heterocycles. The lowest BCUT2D eigenvalue weighted by atomic mass is 9.96. The molecule has 1 N–H and O–H groups in total. The molecule has 3 aromatic rings. The van der Waals surface area contributed by atoms with Crippen molar-refractivity contribution < 1.29 is 18.8 Å². The van der Waals surface area contributed by atoms with Gasteiger partial charge in [0, 0.05) is 31.3 Å². The Bertz CT molecular complexity index is 1010. The summed E-state index contributed by atoms with van der Waals surface area (Å²) in [5, 5.41) is 11.0. The summed E-state index contributed by atoms with van der Waals surface area (Å²) >= 11 is 0. The van der Waals surface area contributed by atoms with Crippen LogP contribution < -0.4 is 14.8 Å². The minimum Gasteiger partial charge on any atom is -0.493 e. The van der Waals surface area contributed by atoms with E-state index >= 15 is 0 Å². The third-order valence-electron chi connectivity index (χ3n) is 5.05. The number of fused-ring (bicyclic) bond motifs is 1. The van der Waals surface area contributed by atoms with Crippen molar-refractivity contribution in [2.75, 3.05) is 20.3 Å². The molecule has 8 heteroatoms. The summed E-state index contributed by atoms with van der Waals surface area (Å²) in [4.78, 5) is 12.5. The lowest BCUT2D eigenvalue weighted by Gasteiger charge is -2.26. The Balaban J connectivity index is 1.38. The number of rotatable bonds is 5. The fourth-order valence-corrected chi connectivity index (χ4v) is 3.33. The van der Waals surface area contributed by atoms with Crippen molar-refractivity contribution in [1.82, 2.24) is 20.3 Å². The number of aryl methyl sites for hydroxylation is 1. The molecule has 0 fully saturated rings. The van der Waals surface area contributed by atoms with Crippen LogP contribution in [0.25, 0.3) is 11.3 Å². The number of para-hydroxylation sites is 1. The maximum atomic E-state index is 12.5. The highest BCUT2D eigenvalue weighted by Gasteiger charge is 2.24. The minimum absolute atomic E-state index is 0.176. The normalized spacial score (nSPS) is 15.6. The maximum absolute atomic E-state index is 12.5. The van der Waals surface area contributed by atoms with Gasteiger partial charge in [-0.3, -0.25) is 9.48 Å². The van der Waals surface area contributed by atoms with Crippen LogP contribution in [0.4, 0.5) is 0 Å². The van der Waals surface area contributed by atoms with Crippen LogP contribution in [0, 0.1) is 12.8 Å². The van der Waals surface area contributed by atoms with E-state index in [0.717, 1.165) is 34.7 Å². The number of nitrogens with zero attached hydrogens (tertiary/aromatic N) is 3. The number of methoxy groups -OCH3 is 1. The molecule has 0 bridgehead atoms. The lowest BCUT2D eigenvalue weighted by molar-refractivity contribution is 0.0929. The maximum Gasteiger partial charge on any atom is 0.273 e. The number of nitrogens with one attached hydrogen (secondary N) is 1. The molecule has 0 spiro atoms. The van der Waals surface area contributed by atoms with E-state index in [9.17, 15) is 4.79 Å². The first-order chi connectivity index (χ1) is 13.6. The number of carbonyl (C=O) groups is 1. The van der Waals surface area contributed by atoms with Crippen LogP contribution in [0.15, 0.2) is 35.0 Å². The van der Waals surface area contributed by atoms with Crippen molar-refractivity contribution in [2.45, 2.75) is 13.3 Å². The predicted molar refractivity (Wildman–Crippen MR) is 101 cm³/mol. The van der Waals surface area contributed by atoms with Crippen LogP contribution in [0.1, 0.15) is 21.7 Å². The molecule has 0 saturated carbocycles. The average Bonchev–Trinajstić information content (AvgIpc) is 3.32. The fourth-order valence-electron chi connectivity index (χ4n) is 3.33. The van der Waals surface area contributed by atoms with E-state index < -0.39 is 0 Å². The highest BCUT2D eigenvalue weighted by Crippen LogP contribution is 2.35. The standard InChI is InChI=1S/C20H22N4O4/c1-12-15(10-22-24(12)2)18-8-16(23-28-18)20(25)21-9-13-7-14-5-4-6-17(26-3)19(14)27-11-13/h4-6,8,10,13H,7,9,11H2,1-3H3,(H,21,25)/t13-/m1/s1. The van der Waals surface area contributed by atoms with Crippen molar-refractivity contribution >= 4 is 5.91 Å². The Labute approximate surface area is 162 Å². The number of carbonyl (C=O) groups excluding carboxylic acids is 1. The van der Waals surface area contributed by atoms with Gasteiger partial charge in [-0.15, -0.1) is 0 Å². The second-order valence-electron chi connectivity index (χ2n) is 6.88. The molecule has 1 aromatic carbocycles. The Morgan fingerprint density at radius 1 is 1.43 bits per heavy atom. The molecule has 0 radical (unpaired) electrons. The van der Waals surface area contributed by atoms with E-state index in [0.29, 0.717) is 18.9 Å². The predicted octanol–water partition coefficient (Wildman–Crippen LogP) is 2.37. The van der Waals surface area contributed by atoms with Gasteiger partial charge in [0.15, 0.2) is 23.0 Å². The third kappa shape index (κ3) is 3.33. The number of hydrogen-bond donors (Lipinski definition) is 1. The molecular weight excluding hydrogens is 360 g/mol. The smallest absolute Gasteiger partial charge is 0.273 e. The molecule has 1 aliphatic rings. The summed E-state index contributed by atoms with van der Waals surface area (Å²) in [6, 6.07) is 7.48. The SMILES string of the molecule is COc1cccc2c1OC[C@@H](CNC(=O)c1cc(-c3cnn(C)c3C)on1)C2. The number of benzene rings is 1. The van der Waals surface area contributed by atoms with Gasteiger partial charge in [-0.05, 0) is 25.0 Å². The summed E-state index contributed by atoms with van der Waals surface area (Å²) in [7, 11) is 3.48. The molecule has 1 atom stereocenters. The molecule has 4 rings (SSSR count). The first-order valence-corrected chi connectivity index (χ1v) is 9.09. The van der Waals surface area contributed by atoms with E-state index in [2.05, 4.69) is 15.6 Å². The molecule has 28 heavy (non-hydrogen) atoms. The molecule has 2 aromatic heterocycles. The topological polar surface area (TPSA) is 91.4 Å². The van der Waals surface area contributed by atoms with E-state index in [1.54, 1.807) is 24.1 Å². The van der Waals surface area contributed by atoms with Crippen molar-refractivity contribution in [2.24, 2.45) is 13.0 Å². The van der Waals surface area contributed by atoms with E-state index in [4.69, 9.17) is 14.0 Å². The second kappa shape index (κ2) is 7.38. The zero-order chi connectivity index (χ0) is 19.7. The van der Waals surface area contributed by atoms with Crippen LogP contribution in [-0.2, 0) is 13.5 Å². The average molecular weight is 382 g/mol.